The first kappa shape index (κ1) is 20.8. The van der Waals surface area contributed by atoms with Crippen molar-refractivity contribution in [3.8, 4) is 0 Å². The summed E-state index contributed by atoms with van der Waals surface area (Å²) in [5.41, 5.74) is 1.26. The van der Waals surface area contributed by atoms with E-state index in [4.69, 9.17) is 4.74 Å². The molecule has 28 heavy (non-hydrogen) atoms. The summed E-state index contributed by atoms with van der Waals surface area (Å²) < 4.78 is 4.76. The standard InChI is InChI=1S/C22H33N3O3/c1-28-21(26)17-24-14-10-20(11-15-24)25-13-5-8-19(16-25)22(27)23-12-9-18-6-3-2-4-7-18/h2-4,6-7,19-20H,5,8-17H2,1H3,(H,23,27). The number of nitrogens with zero attached hydrogens (tertiary/aromatic N) is 2. The monoisotopic (exact) mass is 387 g/mol. The Hall–Kier alpha value is -1.92. The molecule has 0 radical (unpaired) electrons. The van der Waals surface area contributed by atoms with Crippen LogP contribution in [0.2, 0.25) is 0 Å². The van der Waals surface area contributed by atoms with E-state index >= 15 is 0 Å². The summed E-state index contributed by atoms with van der Waals surface area (Å²) in [6.07, 6.45) is 5.05. The molecule has 0 bridgehead atoms. The molecule has 1 amide bonds. The molecule has 154 valence electrons. The smallest absolute Gasteiger partial charge is 0.319 e. The lowest BCUT2D eigenvalue weighted by atomic mass is 9.93. The van der Waals surface area contributed by atoms with Gasteiger partial charge < -0.3 is 10.1 Å². The molecule has 1 aromatic carbocycles. The number of hydrogen-bond donors (Lipinski definition) is 1. The normalized spacial score (nSPS) is 22.0. The molecule has 0 saturated carbocycles. The van der Waals surface area contributed by atoms with Gasteiger partial charge in [0, 0.05) is 32.2 Å². The van der Waals surface area contributed by atoms with Gasteiger partial charge in [0.05, 0.1) is 19.6 Å². The number of amides is 1. The van der Waals surface area contributed by atoms with E-state index in [1.165, 1.54) is 12.7 Å². The van der Waals surface area contributed by atoms with Crippen molar-refractivity contribution in [2.75, 3.05) is 46.4 Å². The van der Waals surface area contributed by atoms with Crippen molar-refractivity contribution in [2.24, 2.45) is 5.92 Å². The van der Waals surface area contributed by atoms with Gasteiger partial charge in [0.1, 0.15) is 0 Å². The van der Waals surface area contributed by atoms with Gasteiger partial charge >= 0.3 is 5.97 Å². The highest BCUT2D eigenvalue weighted by molar-refractivity contribution is 5.79. The molecular formula is C22H33N3O3. The van der Waals surface area contributed by atoms with E-state index in [-0.39, 0.29) is 17.8 Å². The first-order chi connectivity index (χ1) is 13.7. The van der Waals surface area contributed by atoms with Crippen molar-refractivity contribution >= 4 is 11.9 Å². The molecule has 2 fully saturated rings. The summed E-state index contributed by atoms with van der Waals surface area (Å²) >= 11 is 0. The number of nitrogens with one attached hydrogen (secondary N) is 1. The summed E-state index contributed by atoms with van der Waals surface area (Å²) in [6, 6.07) is 10.8. The highest BCUT2D eigenvalue weighted by atomic mass is 16.5. The molecule has 2 aliphatic rings. The van der Waals surface area contributed by atoms with E-state index in [9.17, 15) is 9.59 Å². The summed E-state index contributed by atoms with van der Waals surface area (Å²) in [7, 11) is 1.44. The Morgan fingerprint density at radius 3 is 2.57 bits per heavy atom. The second-order valence-electron chi connectivity index (χ2n) is 7.94. The minimum atomic E-state index is -0.163. The van der Waals surface area contributed by atoms with Gasteiger partial charge in [-0.25, -0.2) is 0 Å². The Morgan fingerprint density at radius 1 is 1.11 bits per heavy atom. The van der Waals surface area contributed by atoms with Crippen LogP contribution >= 0.6 is 0 Å². The number of rotatable bonds is 7. The fourth-order valence-corrected chi connectivity index (χ4v) is 4.36. The third-order valence-electron chi connectivity index (χ3n) is 6.03. The topological polar surface area (TPSA) is 61.9 Å². The third-order valence-corrected chi connectivity index (χ3v) is 6.03. The van der Waals surface area contributed by atoms with Crippen LogP contribution < -0.4 is 5.32 Å². The largest absolute Gasteiger partial charge is 0.468 e. The second kappa shape index (κ2) is 10.6. The van der Waals surface area contributed by atoms with Gasteiger partial charge in [-0.1, -0.05) is 30.3 Å². The molecule has 0 aliphatic carbocycles. The molecule has 6 heteroatoms. The zero-order valence-corrected chi connectivity index (χ0v) is 16.9. The van der Waals surface area contributed by atoms with Crippen LogP contribution in [-0.2, 0) is 20.7 Å². The number of esters is 1. The zero-order valence-electron chi connectivity index (χ0n) is 16.9. The van der Waals surface area contributed by atoms with Gasteiger partial charge in [-0.2, -0.15) is 0 Å². The lowest BCUT2D eigenvalue weighted by Gasteiger charge is -2.41. The highest BCUT2D eigenvalue weighted by Crippen LogP contribution is 2.24. The van der Waals surface area contributed by atoms with Crippen molar-refractivity contribution in [1.29, 1.82) is 0 Å². The van der Waals surface area contributed by atoms with Gasteiger partial charge in [0.25, 0.3) is 0 Å². The maximum absolute atomic E-state index is 12.6. The molecule has 1 atom stereocenters. The lowest BCUT2D eigenvalue weighted by Crippen LogP contribution is -2.51. The van der Waals surface area contributed by atoms with Gasteiger partial charge in [0.15, 0.2) is 0 Å². The molecule has 2 aliphatic heterocycles. The molecule has 0 spiro atoms. The summed E-state index contributed by atoms with van der Waals surface area (Å²) in [4.78, 5) is 28.7. The van der Waals surface area contributed by atoms with Crippen molar-refractivity contribution in [2.45, 2.75) is 38.1 Å². The van der Waals surface area contributed by atoms with E-state index in [0.717, 1.165) is 58.3 Å². The number of ether oxygens (including phenoxy) is 1. The average Bonchev–Trinajstić information content (AvgIpc) is 2.75. The Labute approximate surface area is 168 Å². The molecule has 2 saturated heterocycles. The Morgan fingerprint density at radius 2 is 1.86 bits per heavy atom. The van der Waals surface area contributed by atoms with E-state index in [1.807, 2.05) is 18.2 Å². The Kier molecular flexibility index (Phi) is 7.86. The first-order valence-electron chi connectivity index (χ1n) is 10.5. The van der Waals surface area contributed by atoms with Crippen molar-refractivity contribution < 1.29 is 14.3 Å². The number of carbonyl (C=O) groups is 2. The Bertz CT molecular complexity index is 629. The number of likely N-dealkylation sites (tertiary alicyclic amines) is 2. The molecular weight excluding hydrogens is 354 g/mol. The fourth-order valence-electron chi connectivity index (χ4n) is 4.36. The Balaban J connectivity index is 1.40. The van der Waals surface area contributed by atoms with Crippen LogP contribution in [0.4, 0.5) is 0 Å². The maximum atomic E-state index is 12.6. The van der Waals surface area contributed by atoms with Gasteiger partial charge in [0.2, 0.25) is 5.91 Å². The molecule has 1 aromatic rings. The second-order valence-corrected chi connectivity index (χ2v) is 7.94. The minimum absolute atomic E-state index is 0.0950. The molecule has 1 unspecified atom stereocenters. The van der Waals surface area contributed by atoms with Crippen LogP contribution in [0.5, 0.6) is 0 Å². The maximum Gasteiger partial charge on any atom is 0.319 e. The molecule has 1 N–H and O–H groups in total. The number of methoxy groups -OCH3 is 1. The van der Waals surface area contributed by atoms with Crippen LogP contribution in [0.25, 0.3) is 0 Å². The third kappa shape index (κ3) is 6.04. The van der Waals surface area contributed by atoms with E-state index in [1.54, 1.807) is 0 Å². The fraction of sp³-hybridized carbons (Fsp3) is 0.636. The molecule has 6 nitrogen and oxygen atoms in total. The first-order valence-corrected chi connectivity index (χ1v) is 10.5. The van der Waals surface area contributed by atoms with Crippen molar-refractivity contribution in [3.63, 3.8) is 0 Å². The lowest BCUT2D eigenvalue weighted by molar-refractivity contribution is -0.142. The number of hydrogen-bond acceptors (Lipinski definition) is 5. The SMILES string of the molecule is COC(=O)CN1CCC(N2CCCC(C(=O)NCCc3ccccc3)C2)CC1. The van der Waals surface area contributed by atoms with Crippen molar-refractivity contribution in [1.82, 2.24) is 15.1 Å². The van der Waals surface area contributed by atoms with E-state index < -0.39 is 0 Å². The van der Waals surface area contributed by atoms with Crippen LogP contribution in [0.1, 0.15) is 31.2 Å². The predicted octanol–water partition coefficient (Wildman–Crippen LogP) is 1.69. The number of carbonyl (C=O) groups excluding carboxylic acids is 2. The quantitative estimate of drug-likeness (QED) is 0.722. The van der Waals surface area contributed by atoms with Gasteiger partial charge in [-0.05, 0) is 44.2 Å². The molecule has 3 rings (SSSR count). The number of benzene rings is 1. The van der Waals surface area contributed by atoms with Crippen LogP contribution in [0, 0.1) is 5.92 Å². The predicted molar refractivity (Wildman–Crippen MR) is 109 cm³/mol. The zero-order chi connectivity index (χ0) is 19.8. The van der Waals surface area contributed by atoms with E-state index in [2.05, 4.69) is 27.2 Å². The van der Waals surface area contributed by atoms with Crippen LogP contribution in [0.3, 0.4) is 0 Å². The summed E-state index contributed by atoms with van der Waals surface area (Å²) in [5, 5.41) is 3.13. The average molecular weight is 388 g/mol. The van der Waals surface area contributed by atoms with Crippen molar-refractivity contribution in [3.05, 3.63) is 35.9 Å². The molecule has 2 heterocycles. The summed E-state index contributed by atoms with van der Waals surface area (Å²) in [5.74, 6) is 0.130. The number of piperidine rings is 2. The van der Waals surface area contributed by atoms with E-state index in [0.29, 0.717) is 19.1 Å². The summed E-state index contributed by atoms with van der Waals surface area (Å²) in [6.45, 7) is 4.86. The van der Waals surface area contributed by atoms with Gasteiger partial charge in [-0.3, -0.25) is 19.4 Å². The van der Waals surface area contributed by atoms with Gasteiger partial charge in [-0.15, -0.1) is 0 Å². The molecule has 0 aromatic heterocycles. The highest BCUT2D eigenvalue weighted by Gasteiger charge is 2.31. The minimum Gasteiger partial charge on any atom is -0.468 e. The van der Waals surface area contributed by atoms with Crippen LogP contribution in [-0.4, -0.2) is 74.1 Å². The van der Waals surface area contributed by atoms with Crippen LogP contribution in [0.15, 0.2) is 30.3 Å².